The molecule has 0 aliphatic carbocycles. The van der Waals surface area contributed by atoms with E-state index >= 15 is 0 Å². The lowest BCUT2D eigenvalue weighted by molar-refractivity contribution is 0.103. The Morgan fingerprint density at radius 3 is 2.47 bits per heavy atom. The molecular formula is C19H22F2N4O4S. The van der Waals surface area contributed by atoms with E-state index in [0.29, 0.717) is 25.9 Å². The van der Waals surface area contributed by atoms with E-state index in [4.69, 9.17) is 10.5 Å². The highest BCUT2D eigenvalue weighted by Crippen LogP contribution is 2.30. The number of piperidine rings is 1. The normalized spacial score (nSPS) is 15.1. The minimum absolute atomic E-state index is 0.0603. The third kappa shape index (κ3) is 4.21. The summed E-state index contributed by atoms with van der Waals surface area (Å²) in [4.78, 5) is 16.9. The van der Waals surface area contributed by atoms with Crippen LogP contribution in [-0.2, 0) is 10.0 Å². The van der Waals surface area contributed by atoms with Crippen LogP contribution in [0.15, 0.2) is 24.3 Å². The van der Waals surface area contributed by atoms with Crippen molar-refractivity contribution in [1.82, 2.24) is 10.3 Å². The fourth-order valence-electron chi connectivity index (χ4n) is 3.50. The summed E-state index contributed by atoms with van der Waals surface area (Å²) in [7, 11) is -2.45. The number of hydrogen-bond acceptors (Lipinski definition) is 7. The highest BCUT2D eigenvalue weighted by atomic mass is 32.2. The van der Waals surface area contributed by atoms with Crippen LogP contribution in [0.3, 0.4) is 0 Å². The van der Waals surface area contributed by atoms with Crippen LogP contribution in [0, 0.1) is 11.6 Å². The standard InChI is InChI=1S/C19H22F2N4O4S/c1-29-14-5-4-13(20)17(21)16(14)18(26)12-3-6-15(24-19(12)22)25(30(2,27)28)11-7-9-23-10-8-11/h3-6,11,23H,7-10H2,1-2H3,(H2,22,24). The quantitative estimate of drug-likeness (QED) is 0.657. The number of pyridine rings is 1. The Kier molecular flexibility index (Phi) is 6.22. The minimum Gasteiger partial charge on any atom is -0.496 e. The number of nitrogen functional groups attached to an aromatic ring is 1. The number of methoxy groups -OCH3 is 1. The molecule has 2 aromatic rings. The van der Waals surface area contributed by atoms with Gasteiger partial charge < -0.3 is 15.8 Å². The Labute approximate surface area is 173 Å². The number of carbonyl (C=O) groups excluding carboxylic acids is 1. The van der Waals surface area contributed by atoms with Gasteiger partial charge in [-0.3, -0.25) is 9.10 Å². The van der Waals surface area contributed by atoms with Crippen molar-refractivity contribution < 1.29 is 26.7 Å². The van der Waals surface area contributed by atoms with Crippen LogP contribution in [0.4, 0.5) is 20.4 Å². The summed E-state index contributed by atoms with van der Waals surface area (Å²) in [6, 6.07) is 4.25. The molecule has 1 fully saturated rings. The van der Waals surface area contributed by atoms with E-state index in [-0.39, 0.29) is 29.0 Å². The van der Waals surface area contributed by atoms with Crippen LogP contribution in [0.1, 0.15) is 28.8 Å². The van der Waals surface area contributed by atoms with Crippen molar-refractivity contribution >= 4 is 27.4 Å². The first-order valence-electron chi connectivity index (χ1n) is 9.18. The third-order valence-electron chi connectivity index (χ3n) is 4.88. The Hall–Kier alpha value is -2.79. The van der Waals surface area contributed by atoms with Crippen molar-refractivity contribution in [2.45, 2.75) is 18.9 Å². The number of hydrogen-bond donors (Lipinski definition) is 2. The van der Waals surface area contributed by atoms with E-state index in [0.717, 1.165) is 18.4 Å². The fraction of sp³-hybridized carbons (Fsp3) is 0.368. The van der Waals surface area contributed by atoms with Gasteiger partial charge in [0.05, 0.1) is 18.9 Å². The molecule has 1 aromatic heterocycles. The van der Waals surface area contributed by atoms with Gasteiger partial charge in [-0.15, -0.1) is 0 Å². The molecule has 1 aliphatic rings. The minimum atomic E-state index is -3.67. The van der Waals surface area contributed by atoms with Crippen LogP contribution in [0.2, 0.25) is 0 Å². The van der Waals surface area contributed by atoms with Gasteiger partial charge in [0.2, 0.25) is 15.8 Å². The monoisotopic (exact) mass is 440 g/mol. The first kappa shape index (κ1) is 21.9. The summed E-state index contributed by atoms with van der Waals surface area (Å²) in [5.74, 6) is -3.90. The number of ether oxygens (including phenoxy) is 1. The van der Waals surface area contributed by atoms with Crippen molar-refractivity contribution in [3.8, 4) is 5.75 Å². The lowest BCUT2D eigenvalue weighted by Gasteiger charge is -2.33. The molecular weight excluding hydrogens is 418 g/mol. The van der Waals surface area contributed by atoms with Gasteiger partial charge in [-0.25, -0.2) is 22.2 Å². The second kappa shape index (κ2) is 8.52. The second-order valence-corrected chi connectivity index (χ2v) is 8.77. The predicted octanol–water partition coefficient (Wildman–Crippen LogP) is 1.70. The van der Waals surface area contributed by atoms with E-state index in [1.165, 1.54) is 23.5 Å². The number of ketones is 1. The molecule has 2 heterocycles. The molecule has 0 saturated carbocycles. The SMILES string of the molecule is COc1ccc(F)c(F)c1C(=O)c1ccc(N(C2CCNCC2)S(C)(=O)=O)nc1N. The van der Waals surface area contributed by atoms with Crippen LogP contribution in [-0.4, -0.2) is 51.7 Å². The molecule has 11 heteroatoms. The molecule has 30 heavy (non-hydrogen) atoms. The van der Waals surface area contributed by atoms with Gasteiger partial charge >= 0.3 is 0 Å². The average Bonchev–Trinajstić information content (AvgIpc) is 2.69. The number of nitrogens with one attached hydrogen (secondary N) is 1. The number of sulfonamides is 1. The smallest absolute Gasteiger partial charge is 0.233 e. The van der Waals surface area contributed by atoms with Crippen molar-refractivity contribution in [2.24, 2.45) is 0 Å². The van der Waals surface area contributed by atoms with Crippen molar-refractivity contribution in [1.29, 1.82) is 0 Å². The van der Waals surface area contributed by atoms with Crippen LogP contribution < -0.4 is 20.1 Å². The first-order chi connectivity index (χ1) is 14.1. The van der Waals surface area contributed by atoms with Crippen LogP contribution >= 0.6 is 0 Å². The van der Waals surface area contributed by atoms with Gasteiger partial charge in [0.1, 0.15) is 22.9 Å². The van der Waals surface area contributed by atoms with Gasteiger partial charge in [-0.1, -0.05) is 0 Å². The number of nitrogens with zero attached hydrogens (tertiary/aromatic N) is 2. The molecule has 3 rings (SSSR count). The van der Waals surface area contributed by atoms with Crippen molar-refractivity contribution in [2.75, 3.05) is 36.5 Å². The molecule has 0 bridgehead atoms. The van der Waals surface area contributed by atoms with E-state index in [9.17, 15) is 22.0 Å². The number of nitrogens with two attached hydrogens (primary N) is 1. The average molecular weight is 440 g/mol. The van der Waals surface area contributed by atoms with E-state index < -0.39 is 33.0 Å². The number of benzene rings is 1. The molecule has 0 unspecified atom stereocenters. The Balaban J connectivity index is 2.03. The Morgan fingerprint density at radius 1 is 1.23 bits per heavy atom. The lowest BCUT2D eigenvalue weighted by atomic mass is 10.0. The first-order valence-corrected chi connectivity index (χ1v) is 11.0. The van der Waals surface area contributed by atoms with Gasteiger partial charge in [0.15, 0.2) is 11.6 Å². The molecule has 0 radical (unpaired) electrons. The van der Waals surface area contributed by atoms with Crippen molar-refractivity contribution in [3.05, 3.63) is 47.0 Å². The van der Waals surface area contributed by atoms with E-state index in [2.05, 4.69) is 10.3 Å². The molecule has 0 amide bonds. The molecule has 0 spiro atoms. The van der Waals surface area contributed by atoms with Crippen LogP contribution in [0.25, 0.3) is 0 Å². The van der Waals surface area contributed by atoms with Gasteiger partial charge in [0, 0.05) is 6.04 Å². The topological polar surface area (TPSA) is 115 Å². The fourth-order valence-corrected chi connectivity index (χ4v) is 4.69. The zero-order valence-electron chi connectivity index (χ0n) is 16.5. The number of anilines is 2. The highest BCUT2D eigenvalue weighted by molar-refractivity contribution is 7.92. The molecule has 3 N–H and O–H groups in total. The zero-order chi connectivity index (χ0) is 22.1. The molecule has 1 saturated heterocycles. The largest absolute Gasteiger partial charge is 0.496 e. The number of carbonyl (C=O) groups is 1. The summed E-state index contributed by atoms with van der Waals surface area (Å²) >= 11 is 0. The summed E-state index contributed by atoms with van der Waals surface area (Å²) in [5, 5.41) is 3.16. The number of aromatic nitrogens is 1. The van der Waals surface area contributed by atoms with Crippen molar-refractivity contribution in [3.63, 3.8) is 0 Å². The Bertz CT molecular complexity index is 1070. The summed E-state index contributed by atoms with van der Waals surface area (Å²) in [5.41, 5.74) is 5.12. The van der Waals surface area contributed by atoms with Crippen LogP contribution in [0.5, 0.6) is 5.75 Å². The zero-order valence-corrected chi connectivity index (χ0v) is 17.3. The molecule has 0 atom stereocenters. The van der Waals surface area contributed by atoms with E-state index in [1.807, 2.05) is 0 Å². The maximum atomic E-state index is 14.3. The third-order valence-corrected chi connectivity index (χ3v) is 6.08. The summed E-state index contributed by atoms with van der Waals surface area (Å²) in [6.07, 6.45) is 2.24. The van der Waals surface area contributed by atoms with E-state index in [1.54, 1.807) is 0 Å². The maximum absolute atomic E-state index is 14.3. The number of halogens is 2. The Morgan fingerprint density at radius 2 is 1.90 bits per heavy atom. The molecule has 1 aromatic carbocycles. The molecule has 1 aliphatic heterocycles. The lowest BCUT2D eigenvalue weighted by Crippen LogP contribution is -2.46. The summed E-state index contributed by atoms with van der Waals surface area (Å²) in [6.45, 7) is 1.31. The second-order valence-electron chi connectivity index (χ2n) is 6.91. The number of rotatable bonds is 6. The van der Waals surface area contributed by atoms with Gasteiger partial charge in [0.25, 0.3) is 0 Å². The maximum Gasteiger partial charge on any atom is 0.233 e. The van der Waals surface area contributed by atoms with Gasteiger partial charge in [-0.05, 0) is 50.2 Å². The predicted molar refractivity (Wildman–Crippen MR) is 108 cm³/mol. The molecule has 8 nitrogen and oxygen atoms in total. The summed E-state index contributed by atoms with van der Waals surface area (Å²) < 4.78 is 58.9. The highest BCUT2D eigenvalue weighted by Gasteiger charge is 2.31. The molecule has 162 valence electrons. The van der Waals surface area contributed by atoms with Gasteiger partial charge in [-0.2, -0.15) is 0 Å².